The lowest BCUT2D eigenvalue weighted by Crippen LogP contribution is -3.00. The number of hydrogen-bond donors (Lipinski definition) is 1. The summed E-state index contributed by atoms with van der Waals surface area (Å²) in [6.07, 6.45) is 1.20. The lowest BCUT2D eigenvalue weighted by Gasteiger charge is -2.36. The smallest absolute Gasteiger partial charge is 0.0491 e. The number of rotatable bonds is 4. The fraction of sp³-hybridized carbons (Fsp3) is 0.429. The predicted molar refractivity (Wildman–Crippen MR) is 106 cm³/mol. The maximum absolute atomic E-state index is 3.61. The Kier molecular flexibility index (Phi) is 7.07. The number of halogens is 1. The first-order valence-electron chi connectivity index (χ1n) is 9.17. The normalized spacial score (nSPS) is 20.7. The van der Waals surface area contributed by atoms with E-state index in [-0.39, 0.29) is 17.9 Å². The molecule has 0 radical (unpaired) electrons. The van der Waals surface area contributed by atoms with Gasteiger partial charge in [0.05, 0.1) is 0 Å². The van der Waals surface area contributed by atoms with Crippen molar-refractivity contribution in [2.75, 3.05) is 19.6 Å². The first-order chi connectivity index (χ1) is 11.7. The van der Waals surface area contributed by atoms with Crippen molar-refractivity contribution < 1.29 is 17.9 Å². The first-order valence-corrected chi connectivity index (χ1v) is 9.17. The van der Waals surface area contributed by atoms with Crippen LogP contribution < -0.4 is 17.7 Å². The minimum absolute atomic E-state index is 0. The molecule has 1 saturated heterocycles. The van der Waals surface area contributed by atoms with Crippen LogP contribution >= 0.6 is 0 Å². The molecule has 0 spiro atoms. The van der Waals surface area contributed by atoms with Crippen molar-refractivity contribution in [2.45, 2.75) is 38.9 Å². The van der Waals surface area contributed by atoms with Gasteiger partial charge in [-0.25, -0.2) is 0 Å². The second-order valence-corrected chi connectivity index (χ2v) is 7.27. The molecule has 26 heavy (non-hydrogen) atoms. The van der Waals surface area contributed by atoms with Gasteiger partial charge in [0.15, 0.2) is 0 Å². The van der Waals surface area contributed by atoms with E-state index in [4.69, 9.17) is 0 Å². The molecule has 1 aromatic heterocycles. The molecule has 5 heteroatoms. The number of hydrogen-bond acceptors (Lipinski definition) is 2. The van der Waals surface area contributed by atoms with Crippen molar-refractivity contribution in [3.8, 4) is 0 Å². The largest absolute Gasteiger partial charge is 1.00 e. The molecular formula is C21H29ClN3O-. The van der Waals surface area contributed by atoms with Crippen molar-refractivity contribution in [1.29, 1.82) is 0 Å². The third-order valence-electron chi connectivity index (χ3n) is 5.17. The molecule has 2 heterocycles. The van der Waals surface area contributed by atoms with Crippen molar-refractivity contribution in [3.63, 3.8) is 0 Å². The Bertz CT molecular complexity index is 784. The standard InChI is InChI=1S/C21H27N3.ClH.H2O/c1-16-14-23(15-17(2)22-16)12-7-13-24-20-10-5-3-8-18(20)19-9-4-6-11-21(19)24;;/h3-6,8-11,16-17,22H,7,12-15H2,1-2H3;1H;1H2/p-1/t16-,17+;;. The van der Waals surface area contributed by atoms with E-state index in [1.807, 2.05) is 0 Å². The van der Waals surface area contributed by atoms with Crippen molar-refractivity contribution >= 4 is 21.8 Å². The lowest BCUT2D eigenvalue weighted by atomic mass is 10.1. The number of para-hydroxylation sites is 2. The molecule has 1 fully saturated rings. The zero-order valence-electron chi connectivity index (χ0n) is 15.6. The van der Waals surface area contributed by atoms with E-state index in [0.29, 0.717) is 12.1 Å². The van der Waals surface area contributed by atoms with E-state index >= 15 is 0 Å². The summed E-state index contributed by atoms with van der Waals surface area (Å²) in [6, 6.07) is 18.8. The SMILES string of the molecule is C[C@@H]1CN(CCCn2c3ccccc3c3ccccc32)C[C@H](C)N1.O.[Cl-]. The van der Waals surface area contributed by atoms with E-state index in [2.05, 4.69) is 77.2 Å². The second kappa shape index (κ2) is 8.87. The molecule has 0 amide bonds. The van der Waals surface area contributed by atoms with E-state index < -0.39 is 0 Å². The van der Waals surface area contributed by atoms with E-state index in [0.717, 1.165) is 19.6 Å². The lowest BCUT2D eigenvalue weighted by molar-refractivity contribution is -0.00000647. The number of nitrogens with one attached hydrogen (secondary N) is 1. The summed E-state index contributed by atoms with van der Waals surface area (Å²) in [4.78, 5) is 2.61. The Morgan fingerprint density at radius 2 is 1.35 bits per heavy atom. The summed E-state index contributed by atoms with van der Waals surface area (Å²) in [6.45, 7) is 9.16. The summed E-state index contributed by atoms with van der Waals surface area (Å²) in [5, 5.41) is 6.36. The van der Waals surface area contributed by atoms with Crippen LogP contribution in [0.1, 0.15) is 20.3 Å². The zero-order chi connectivity index (χ0) is 16.5. The van der Waals surface area contributed by atoms with Crippen LogP contribution in [0.4, 0.5) is 0 Å². The Morgan fingerprint density at radius 3 is 1.88 bits per heavy atom. The fourth-order valence-corrected chi connectivity index (χ4v) is 4.32. The molecule has 0 unspecified atom stereocenters. The maximum atomic E-state index is 3.61. The Morgan fingerprint density at radius 1 is 0.846 bits per heavy atom. The third-order valence-corrected chi connectivity index (χ3v) is 5.17. The fourth-order valence-electron chi connectivity index (χ4n) is 4.32. The van der Waals surface area contributed by atoms with Gasteiger partial charge in [-0.3, -0.25) is 0 Å². The van der Waals surface area contributed by atoms with Gasteiger partial charge >= 0.3 is 0 Å². The monoisotopic (exact) mass is 374 g/mol. The summed E-state index contributed by atoms with van der Waals surface area (Å²) in [5.41, 5.74) is 2.72. The van der Waals surface area contributed by atoms with Gasteiger partial charge in [-0.05, 0) is 38.9 Å². The van der Waals surface area contributed by atoms with Gasteiger partial charge in [-0.1, -0.05) is 36.4 Å². The highest BCUT2D eigenvalue weighted by atomic mass is 35.5. The number of piperazine rings is 1. The van der Waals surface area contributed by atoms with Crippen LogP contribution in [0.25, 0.3) is 21.8 Å². The molecule has 1 aliphatic rings. The van der Waals surface area contributed by atoms with Crippen LogP contribution in [-0.4, -0.2) is 46.7 Å². The van der Waals surface area contributed by atoms with Gasteiger partial charge in [0, 0.05) is 53.5 Å². The van der Waals surface area contributed by atoms with Gasteiger partial charge < -0.3 is 32.7 Å². The first kappa shape index (κ1) is 20.7. The highest BCUT2D eigenvalue weighted by Crippen LogP contribution is 2.28. The minimum atomic E-state index is 0. The molecule has 0 bridgehead atoms. The summed E-state index contributed by atoms with van der Waals surface area (Å²) in [5.74, 6) is 0. The zero-order valence-corrected chi connectivity index (χ0v) is 16.3. The second-order valence-electron chi connectivity index (χ2n) is 7.27. The van der Waals surface area contributed by atoms with Crippen LogP contribution in [0.5, 0.6) is 0 Å². The molecule has 3 aromatic rings. The summed E-state index contributed by atoms with van der Waals surface area (Å²) in [7, 11) is 0. The molecular weight excluding hydrogens is 346 g/mol. The number of aryl methyl sites for hydroxylation is 1. The van der Waals surface area contributed by atoms with Crippen LogP contribution in [0.3, 0.4) is 0 Å². The molecule has 4 rings (SSSR count). The van der Waals surface area contributed by atoms with Gasteiger partial charge in [0.2, 0.25) is 0 Å². The number of nitrogens with zero attached hydrogens (tertiary/aromatic N) is 2. The number of benzene rings is 2. The van der Waals surface area contributed by atoms with Gasteiger partial charge in [0.25, 0.3) is 0 Å². The highest BCUT2D eigenvalue weighted by Gasteiger charge is 2.20. The Hall–Kier alpha value is -1.59. The number of aromatic nitrogens is 1. The molecule has 0 aliphatic carbocycles. The Labute approximate surface area is 161 Å². The topological polar surface area (TPSA) is 51.7 Å². The predicted octanol–water partition coefficient (Wildman–Crippen LogP) is 0.0461. The molecule has 2 atom stereocenters. The Balaban J connectivity index is 0.00000121. The highest BCUT2D eigenvalue weighted by molar-refractivity contribution is 6.07. The number of fused-ring (bicyclic) bond motifs is 3. The van der Waals surface area contributed by atoms with Crippen molar-refractivity contribution in [1.82, 2.24) is 14.8 Å². The van der Waals surface area contributed by atoms with Crippen LogP contribution in [-0.2, 0) is 6.54 Å². The molecule has 0 saturated carbocycles. The van der Waals surface area contributed by atoms with Crippen LogP contribution in [0.2, 0.25) is 0 Å². The molecule has 4 nitrogen and oxygen atoms in total. The minimum Gasteiger partial charge on any atom is -1.00 e. The van der Waals surface area contributed by atoms with Crippen LogP contribution in [0.15, 0.2) is 48.5 Å². The summed E-state index contributed by atoms with van der Waals surface area (Å²) < 4.78 is 2.50. The van der Waals surface area contributed by atoms with Gasteiger partial charge in [-0.15, -0.1) is 0 Å². The average Bonchev–Trinajstić information content (AvgIpc) is 2.89. The summed E-state index contributed by atoms with van der Waals surface area (Å²) >= 11 is 0. The molecule has 3 N–H and O–H groups in total. The quantitative estimate of drug-likeness (QED) is 0.701. The average molecular weight is 375 g/mol. The van der Waals surface area contributed by atoms with Crippen molar-refractivity contribution in [3.05, 3.63) is 48.5 Å². The maximum Gasteiger partial charge on any atom is 0.0491 e. The van der Waals surface area contributed by atoms with E-state index in [1.165, 1.54) is 34.8 Å². The van der Waals surface area contributed by atoms with E-state index in [9.17, 15) is 0 Å². The molecule has 142 valence electrons. The molecule has 2 aromatic carbocycles. The van der Waals surface area contributed by atoms with Crippen LogP contribution in [0, 0.1) is 0 Å². The van der Waals surface area contributed by atoms with Gasteiger partial charge in [-0.2, -0.15) is 0 Å². The third kappa shape index (κ3) is 4.04. The molecule has 1 aliphatic heterocycles. The van der Waals surface area contributed by atoms with Crippen molar-refractivity contribution in [2.24, 2.45) is 0 Å². The van der Waals surface area contributed by atoms with E-state index in [1.54, 1.807) is 0 Å². The van der Waals surface area contributed by atoms with Gasteiger partial charge in [0.1, 0.15) is 0 Å².